The van der Waals surface area contributed by atoms with Crippen LogP contribution < -0.4 is 10.8 Å². The van der Waals surface area contributed by atoms with E-state index >= 15 is 0 Å². The standard InChI is InChI=1S/C24H29BN4O2/c1-15-20(14-16-22-17(25)6-4-7-19(22)27-23(16)30)26-18-8-5-11-29(24(31)21(15)18)13-12-28-9-2-3-10-28/h4,6-7,14,26H,2-3,5,8-13,25H2,1H3,(H,27,30)/b16-14-. The monoisotopic (exact) mass is 416 g/mol. The van der Waals surface area contributed by atoms with Gasteiger partial charge in [0, 0.05) is 42.3 Å². The van der Waals surface area contributed by atoms with Gasteiger partial charge in [0.1, 0.15) is 7.85 Å². The molecular weight excluding hydrogens is 387 g/mol. The number of nitrogens with zero attached hydrogens (tertiary/aromatic N) is 2. The number of likely N-dealkylation sites (tertiary alicyclic amines) is 1. The number of nitrogens with one attached hydrogen (secondary N) is 2. The van der Waals surface area contributed by atoms with E-state index in [0.717, 1.165) is 84.8 Å². The van der Waals surface area contributed by atoms with Crippen molar-refractivity contribution in [2.45, 2.75) is 32.6 Å². The summed E-state index contributed by atoms with van der Waals surface area (Å²) in [6, 6.07) is 5.90. The molecule has 2 amide bonds. The first-order valence-corrected chi connectivity index (χ1v) is 11.4. The van der Waals surface area contributed by atoms with Gasteiger partial charge in [-0.2, -0.15) is 0 Å². The molecule has 7 heteroatoms. The molecule has 31 heavy (non-hydrogen) atoms. The zero-order valence-corrected chi connectivity index (χ0v) is 18.4. The van der Waals surface area contributed by atoms with Crippen LogP contribution in [0.4, 0.5) is 5.69 Å². The van der Waals surface area contributed by atoms with Crippen LogP contribution in [-0.2, 0) is 11.2 Å². The largest absolute Gasteiger partial charge is 0.358 e. The Bertz CT molecular complexity index is 1080. The molecule has 2 N–H and O–H groups in total. The van der Waals surface area contributed by atoms with Crippen molar-refractivity contribution in [2.24, 2.45) is 0 Å². The molecule has 0 unspecified atom stereocenters. The first-order valence-electron chi connectivity index (χ1n) is 11.4. The van der Waals surface area contributed by atoms with Crippen molar-refractivity contribution < 1.29 is 9.59 Å². The summed E-state index contributed by atoms with van der Waals surface area (Å²) in [5.41, 5.74) is 7.14. The van der Waals surface area contributed by atoms with Gasteiger partial charge in [-0.3, -0.25) is 9.59 Å². The summed E-state index contributed by atoms with van der Waals surface area (Å²) in [6.07, 6.45) is 6.26. The van der Waals surface area contributed by atoms with Crippen molar-refractivity contribution in [3.05, 3.63) is 46.3 Å². The maximum atomic E-state index is 13.4. The predicted octanol–water partition coefficient (Wildman–Crippen LogP) is 1.56. The normalized spacial score (nSPS) is 20.2. The fraction of sp³-hybridized carbons (Fsp3) is 0.417. The number of H-pyrrole nitrogens is 1. The third-order valence-electron chi connectivity index (χ3n) is 6.93. The molecule has 0 bridgehead atoms. The molecule has 1 aromatic heterocycles. The fourth-order valence-corrected chi connectivity index (χ4v) is 5.20. The lowest BCUT2D eigenvalue weighted by Crippen LogP contribution is -2.38. The van der Waals surface area contributed by atoms with Gasteiger partial charge >= 0.3 is 0 Å². The van der Waals surface area contributed by atoms with Crippen molar-refractivity contribution in [3.8, 4) is 0 Å². The van der Waals surface area contributed by atoms with Gasteiger partial charge < -0.3 is 20.1 Å². The van der Waals surface area contributed by atoms with E-state index in [9.17, 15) is 9.59 Å². The smallest absolute Gasteiger partial charge is 0.256 e. The Morgan fingerprint density at radius 2 is 1.87 bits per heavy atom. The molecule has 0 saturated carbocycles. The first kappa shape index (κ1) is 20.1. The quantitative estimate of drug-likeness (QED) is 0.587. The zero-order valence-electron chi connectivity index (χ0n) is 18.4. The number of aromatic amines is 1. The Balaban J connectivity index is 1.45. The SMILES string of the molecule is Bc1cccc2c1/C(=C/c1[nH]c3c(c1C)C(=O)N(CCN1CCCC1)CCC3)C(=O)N2. The van der Waals surface area contributed by atoms with E-state index in [1.165, 1.54) is 12.8 Å². The molecule has 0 aliphatic carbocycles. The summed E-state index contributed by atoms with van der Waals surface area (Å²) in [5.74, 6) is 0.0320. The molecule has 2 aromatic rings. The number of hydrogen-bond donors (Lipinski definition) is 2. The number of fused-ring (bicyclic) bond motifs is 2. The van der Waals surface area contributed by atoms with Gasteiger partial charge in [0.25, 0.3) is 11.8 Å². The maximum Gasteiger partial charge on any atom is 0.256 e. The number of carbonyl (C=O) groups excluding carboxylic acids is 2. The number of rotatable bonds is 4. The number of anilines is 1. The number of hydrogen-bond acceptors (Lipinski definition) is 3. The number of aryl methyl sites for hydroxylation is 1. The molecule has 4 heterocycles. The summed E-state index contributed by atoms with van der Waals surface area (Å²) in [7, 11) is 2.02. The molecule has 1 aromatic carbocycles. The van der Waals surface area contributed by atoms with Crippen LogP contribution >= 0.6 is 0 Å². The summed E-state index contributed by atoms with van der Waals surface area (Å²) in [6.45, 7) is 6.84. The van der Waals surface area contributed by atoms with Gasteiger partial charge in [0.2, 0.25) is 0 Å². The van der Waals surface area contributed by atoms with Crippen LogP contribution in [0.1, 0.15) is 52.1 Å². The minimum absolute atomic E-state index is 0.0907. The third kappa shape index (κ3) is 3.61. The Labute approximate surface area is 184 Å². The first-order chi connectivity index (χ1) is 15.0. The van der Waals surface area contributed by atoms with Gasteiger partial charge in [0.05, 0.1) is 11.1 Å². The van der Waals surface area contributed by atoms with Gasteiger partial charge in [-0.25, -0.2) is 0 Å². The number of aromatic nitrogens is 1. The molecular formula is C24H29BN4O2. The highest BCUT2D eigenvalue weighted by Gasteiger charge is 2.30. The highest BCUT2D eigenvalue weighted by molar-refractivity contribution is 6.44. The van der Waals surface area contributed by atoms with E-state index in [2.05, 4.69) is 15.2 Å². The van der Waals surface area contributed by atoms with Crippen LogP contribution in [0, 0.1) is 6.92 Å². The molecule has 0 spiro atoms. The van der Waals surface area contributed by atoms with E-state index in [1.807, 2.05) is 43.9 Å². The molecule has 3 aliphatic heterocycles. The van der Waals surface area contributed by atoms with E-state index < -0.39 is 0 Å². The Morgan fingerprint density at radius 3 is 2.68 bits per heavy atom. The molecule has 0 atom stereocenters. The summed E-state index contributed by atoms with van der Waals surface area (Å²) in [4.78, 5) is 34.0. The maximum absolute atomic E-state index is 13.4. The van der Waals surface area contributed by atoms with Crippen molar-refractivity contribution in [1.82, 2.24) is 14.8 Å². The Kier molecular flexibility index (Phi) is 5.22. The van der Waals surface area contributed by atoms with E-state index in [4.69, 9.17) is 0 Å². The van der Waals surface area contributed by atoms with Crippen molar-refractivity contribution in [3.63, 3.8) is 0 Å². The van der Waals surface area contributed by atoms with E-state index in [1.54, 1.807) is 0 Å². The van der Waals surface area contributed by atoms with Gasteiger partial charge in [0.15, 0.2) is 0 Å². The summed E-state index contributed by atoms with van der Waals surface area (Å²) >= 11 is 0. The van der Waals surface area contributed by atoms with Gasteiger partial charge in [-0.05, 0) is 63.4 Å². The van der Waals surface area contributed by atoms with Crippen LogP contribution in [0.25, 0.3) is 11.6 Å². The predicted molar refractivity (Wildman–Crippen MR) is 127 cm³/mol. The molecule has 1 fully saturated rings. The lowest BCUT2D eigenvalue weighted by molar-refractivity contribution is -0.110. The topological polar surface area (TPSA) is 68.4 Å². The average molecular weight is 416 g/mol. The number of amides is 2. The van der Waals surface area contributed by atoms with E-state index in [0.29, 0.717) is 5.57 Å². The van der Waals surface area contributed by atoms with Crippen LogP contribution in [0.3, 0.4) is 0 Å². The Hall–Kier alpha value is -2.80. The minimum Gasteiger partial charge on any atom is -0.358 e. The van der Waals surface area contributed by atoms with Crippen molar-refractivity contribution in [2.75, 3.05) is 38.0 Å². The average Bonchev–Trinajstić information content (AvgIpc) is 3.42. The van der Waals surface area contributed by atoms with Gasteiger partial charge in [-0.1, -0.05) is 17.6 Å². The lowest BCUT2D eigenvalue weighted by Gasteiger charge is -2.24. The lowest BCUT2D eigenvalue weighted by atomic mass is 9.87. The van der Waals surface area contributed by atoms with Crippen LogP contribution in [0.15, 0.2) is 18.2 Å². The molecule has 160 valence electrons. The Morgan fingerprint density at radius 1 is 1.06 bits per heavy atom. The molecule has 1 saturated heterocycles. The molecule has 5 rings (SSSR count). The summed E-state index contributed by atoms with van der Waals surface area (Å²) in [5, 5.41) is 2.96. The zero-order chi connectivity index (χ0) is 21.5. The molecule has 3 aliphatic rings. The number of carbonyl (C=O) groups is 2. The van der Waals surface area contributed by atoms with Crippen LogP contribution in [-0.4, -0.2) is 67.2 Å². The van der Waals surface area contributed by atoms with E-state index in [-0.39, 0.29) is 11.8 Å². The second kappa shape index (κ2) is 8.04. The highest BCUT2D eigenvalue weighted by atomic mass is 16.2. The third-order valence-corrected chi connectivity index (χ3v) is 6.93. The van der Waals surface area contributed by atoms with Gasteiger partial charge in [-0.15, -0.1) is 0 Å². The summed E-state index contributed by atoms with van der Waals surface area (Å²) < 4.78 is 0. The fourth-order valence-electron chi connectivity index (χ4n) is 5.20. The second-order valence-electron chi connectivity index (χ2n) is 8.97. The molecule has 6 nitrogen and oxygen atoms in total. The van der Waals surface area contributed by atoms with Crippen molar-refractivity contribution >= 4 is 42.5 Å². The molecule has 0 radical (unpaired) electrons. The minimum atomic E-state index is -0.0907. The second-order valence-corrected chi connectivity index (χ2v) is 8.97. The van der Waals surface area contributed by atoms with Crippen LogP contribution in [0.2, 0.25) is 0 Å². The highest BCUT2D eigenvalue weighted by Crippen LogP contribution is 2.33. The van der Waals surface area contributed by atoms with Crippen LogP contribution in [0.5, 0.6) is 0 Å². The number of benzene rings is 1. The van der Waals surface area contributed by atoms with Crippen molar-refractivity contribution in [1.29, 1.82) is 0 Å².